The van der Waals surface area contributed by atoms with Gasteiger partial charge in [0.25, 0.3) is 0 Å². The quantitative estimate of drug-likeness (QED) is 0.570. The molecule has 160 valence electrons. The summed E-state index contributed by atoms with van der Waals surface area (Å²) in [5.74, 6) is 0. The molecule has 2 rings (SSSR count). The van der Waals surface area contributed by atoms with E-state index in [0.717, 1.165) is 11.1 Å². The number of nitrogens with zero attached hydrogens (tertiary/aromatic N) is 1. The fourth-order valence-electron chi connectivity index (χ4n) is 2.99. The first-order valence-corrected chi connectivity index (χ1v) is 13.2. The van der Waals surface area contributed by atoms with E-state index in [4.69, 9.17) is 4.43 Å². The van der Waals surface area contributed by atoms with Gasteiger partial charge in [0.2, 0.25) is 0 Å². The van der Waals surface area contributed by atoms with Crippen molar-refractivity contribution in [3.05, 3.63) is 59.3 Å². The van der Waals surface area contributed by atoms with Crippen LogP contribution >= 0.6 is 0 Å². The highest BCUT2D eigenvalue weighted by Crippen LogP contribution is 2.37. The number of rotatable bonds is 5. The van der Waals surface area contributed by atoms with E-state index in [1.54, 1.807) is 6.20 Å². The average molecular weight is 416 g/mol. The molecule has 0 spiro atoms. The molecule has 1 aromatic carbocycles. The van der Waals surface area contributed by atoms with E-state index in [9.17, 15) is 9.90 Å². The third kappa shape index (κ3) is 6.06. The molecule has 0 aliphatic carbocycles. The van der Waals surface area contributed by atoms with Crippen LogP contribution in [0.15, 0.2) is 48.2 Å². The molecule has 1 aliphatic heterocycles. The number of carboxylic acid groups (broad SMARTS) is 1. The summed E-state index contributed by atoms with van der Waals surface area (Å²) in [6.07, 6.45) is 5.28. The minimum absolute atomic E-state index is 0.105. The Morgan fingerprint density at radius 1 is 1.10 bits per heavy atom. The first kappa shape index (κ1) is 23.4. The Hall–Kier alpha value is -1.85. The summed E-state index contributed by atoms with van der Waals surface area (Å²) in [5, 5.41) is 9.76. The molecule has 0 aromatic heterocycles. The van der Waals surface area contributed by atoms with Crippen LogP contribution in [0.1, 0.15) is 52.7 Å². The van der Waals surface area contributed by atoms with Crippen molar-refractivity contribution < 1.29 is 14.3 Å². The van der Waals surface area contributed by atoms with Gasteiger partial charge in [0.05, 0.1) is 12.6 Å². The fraction of sp³-hybridized carbons (Fsp3) is 0.542. The van der Waals surface area contributed by atoms with Crippen LogP contribution in [0.3, 0.4) is 0 Å². The van der Waals surface area contributed by atoms with Crippen molar-refractivity contribution in [3.8, 4) is 0 Å². The zero-order chi connectivity index (χ0) is 22.0. The van der Waals surface area contributed by atoms with Gasteiger partial charge in [0.15, 0.2) is 8.32 Å². The van der Waals surface area contributed by atoms with Crippen LogP contribution in [0.4, 0.5) is 4.79 Å². The molecule has 1 aromatic rings. The van der Waals surface area contributed by atoms with Crippen LogP contribution in [-0.2, 0) is 16.3 Å². The number of carbonyl (C=O) groups is 1. The maximum atomic E-state index is 11.7. The first-order chi connectivity index (χ1) is 13.2. The zero-order valence-electron chi connectivity index (χ0n) is 19.2. The smallest absolute Gasteiger partial charge is 0.411 e. The highest BCUT2D eigenvalue weighted by molar-refractivity contribution is 6.74. The van der Waals surface area contributed by atoms with Crippen molar-refractivity contribution in [3.63, 3.8) is 0 Å². The van der Waals surface area contributed by atoms with Crippen molar-refractivity contribution in [2.75, 3.05) is 6.61 Å². The Morgan fingerprint density at radius 2 is 1.69 bits per heavy atom. The molecule has 1 N–H and O–H groups in total. The lowest BCUT2D eigenvalue weighted by Gasteiger charge is -2.37. The normalized spacial score (nSPS) is 18.0. The van der Waals surface area contributed by atoms with Crippen molar-refractivity contribution in [2.45, 2.75) is 77.6 Å². The molecule has 0 saturated heterocycles. The van der Waals surface area contributed by atoms with Crippen molar-refractivity contribution in [2.24, 2.45) is 0 Å². The molecule has 0 radical (unpaired) electrons. The molecule has 1 aliphatic rings. The third-order valence-electron chi connectivity index (χ3n) is 6.10. The van der Waals surface area contributed by atoms with E-state index in [-0.39, 0.29) is 16.5 Å². The molecule has 4 nitrogen and oxygen atoms in total. The molecular weight excluding hydrogens is 378 g/mol. The highest BCUT2D eigenvalue weighted by atomic mass is 28.4. The molecule has 1 heterocycles. The van der Waals surface area contributed by atoms with Crippen molar-refractivity contribution in [1.29, 1.82) is 0 Å². The van der Waals surface area contributed by atoms with Gasteiger partial charge in [-0.1, -0.05) is 71.9 Å². The largest absolute Gasteiger partial charge is 0.465 e. The monoisotopic (exact) mass is 415 g/mol. The summed E-state index contributed by atoms with van der Waals surface area (Å²) in [4.78, 5) is 13.1. The Labute approximate surface area is 177 Å². The fourth-order valence-corrected chi connectivity index (χ4v) is 3.95. The first-order valence-electron chi connectivity index (χ1n) is 10.3. The van der Waals surface area contributed by atoms with E-state index in [1.165, 1.54) is 10.5 Å². The maximum Gasteiger partial charge on any atom is 0.411 e. The van der Waals surface area contributed by atoms with Crippen LogP contribution in [0, 0.1) is 0 Å². The zero-order valence-corrected chi connectivity index (χ0v) is 20.2. The molecule has 1 amide bonds. The minimum Gasteiger partial charge on any atom is -0.465 e. The predicted molar refractivity (Wildman–Crippen MR) is 123 cm³/mol. The third-order valence-corrected chi connectivity index (χ3v) is 10.6. The summed E-state index contributed by atoms with van der Waals surface area (Å²) in [7, 11) is -1.85. The Morgan fingerprint density at radius 3 is 2.17 bits per heavy atom. The van der Waals surface area contributed by atoms with Gasteiger partial charge < -0.3 is 9.53 Å². The summed E-state index contributed by atoms with van der Waals surface area (Å²) >= 11 is 0. The summed E-state index contributed by atoms with van der Waals surface area (Å²) in [6, 6.07) is 8.28. The standard InChI is InChI=1S/C24H37NO3Si/c1-23(2,3)20-11-9-18(10-12-20)15-21-16-19(13-14-25(21)22(26)27)17-28-29(7,8)24(4,5)6/h9-14,16,21H,15,17H2,1-8H3,(H,26,27). The molecule has 29 heavy (non-hydrogen) atoms. The lowest BCUT2D eigenvalue weighted by atomic mass is 9.86. The van der Waals surface area contributed by atoms with E-state index >= 15 is 0 Å². The van der Waals surface area contributed by atoms with Crippen LogP contribution in [0.5, 0.6) is 0 Å². The predicted octanol–water partition coefficient (Wildman–Crippen LogP) is 6.35. The van der Waals surface area contributed by atoms with Crippen LogP contribution in [0.2, 0.25) is 18.1 Å². The van der Waals surface area contributed by atoms with Gasteiger partial charge in [-0.2, -0.15) is 0 Å². The number of benzene rings is 1. The van der Waals surface area contributed by atoms with Crippen LogP contribution in [0.25, 0.3) is 0 Å². The van der Waals surface area contributed by atoms with Gasteiger partial charge >= 0.3 is 6.09 Å². The number of hydrogen-bond donors (Lipinski definition) is 1. The summed E-state index contributed by atoms with van der Waals surface area (Å²) in [5.41, 5.74) is 3.56. The number of hydrogen-bond acceptors (Lipinski definition) is 2. The highest BCUT2D eigenvalue weighted by Gasteiger charge is 2.37. The SMILES string of the molecule is CC(C)(C)c1ccc(CC2C=C(CO[Si](C)(C)C(C)(C)C)C=CN2C(=O)O)cc1. The molecule has 5 heteroatoms. The van der Waals surface area contributed by atoms with Crippen molar-refractivity contribution in [1.82, 2.24) is 4.90 Å². The maximum absolute atomic E-state index is 11.7. The van der Waals surface area contributed by atoms with E-state index in [0.29, 0.717) is 13.0 Å². The van der Waals surface area contributed by atoms with Gasteiger partial charge in [0, 0.05) is 6.20 Å². The molecule has 0 bridgehead atoms. The van der Waals surface area contributed by atoms with E-state index in [2.05, 4.69) is 78.9 Å². The van der Waals surface area contributed by atoms with E-state index in [1.807, 2.05) is 12.2 Å². The minimum atomic E-state index is -1.85. The number of amides is 1. The molecule has 1 atom stereocenters. The lowest BCUT2D eigenvalue weighted by molar-refractivity contribution is 0.153. The second-order valence-electron chi connectivity index (χ2n) is 10.5. The van der Waals surface area contributed by atoms with Crippen LogP contribution < -0.4 is 0 Å². The Bertz CT molecular complexity index is 780. The second-order valence-corrected chi connectivity index (χ2v) is 15.3. The van der Waals surface area contributed by atoms with Gasteiger partial charge in [0.1, 0.15) is 0 Å². The van der Waals surface area contributed by atoms with Gasteiger partial charge in [-0.05, 0) is 52.7 Å². The lowest BCUT2D eigenvalue weighted by Crippen LogP contribution is -2.42. The van der Waals surface area contributed by atoms with Gasteiger partial charge in [-0.15, -0.1) is 0 Å². The molecule has 1 unspecified atom stereocenters. The Kier molecular flexibility index (Phi) is 6.85. The van der Waals surface area contributed by atoms with Crippen LogP contribution in [-0.4, -0.2) is 37.1 Å². The van der Waals surface area contributed by atoms with Crippen molar-refractivity contribution >= 4 is 14.4 Å². The molecular formula is C24H37NO3Si. The van der Waals surface area contributed by atoms with E-state index < -0.39 is 14.4 Å². The molecule has 0 saturated carbocycles. The molecule has 0 fully saturated rings. The summed E-state index contributed by atoms with van der Waals surface area (Å²) < 4.78 is 6.33. The second kappa shape index (κ2) is 8.48. The average Bonchev–Trinajstić information content (AvgIpc) is 2.58. The summed E-state index contributed by atoms with van der Waals surface area (Å²) in [6.45, 7) is 18.2. The topological polar surface area (TPSA) is 49.8 Å². The Balaban J connectivity index is 2.16. The van der Waals surface area contributed by atoms with Gasteiger partial charge in [-0.3, -0.25) is 4.90 Å². The van der Waals surface area contributed by atoms with Gasteiger partial charge in [-0.25, -0.2) is 4.79 Å².